The zero-order chi connectivity index (χ0) is 35.2. The lowest BCUT2D eigenvalue weighted by Gasteiger charge is -2.34. The SMILES string of the molecule is Cc1ccc(CN(C(=O)CN(c2cccc(C(F)(F)F)c2)S(=O)(=O)c2ccc(C)cc2)[C@@H](Cc2ccccc2)C(=O)NC2CCCC2)cc1. The molecule has 11 heteroatoms. The largest absolute Gasteiger partial charge is 0.416 e. The summed E-state index contributed by atoms with van der Waals surface area (Å²) >= 11 is 0. The quantitative estimate of drug-likeness (QED) is 0.170. The van der Waals surface area contributed by atoms with Crippen LogP contribution in [0.15, 0.2) is 108 Å². The molecule has 0 spiro atoms. The fraction of sp³-hybridized carbons (Fsp3) is 0.316. The molecule has 0 saturated heterocycles. The van der Waals surface area contributed by atoms with E-state index in [1.54, 1.807) is 19.1 Å². The van der Waals surface area contributed by atoms with Gasteiger partial charge in [-0.1, -0.05) is 96.8 Å². The lowest BCUT2D eigenvalue weighted by Crippen LogP contribution is -2.54. The van der Waals surface area contributed by atoms with Gasteiger partial charge in [-0.3, -0.25) is 13.9 Å². The Morgan fingerprint density at radius 3 is 2.04 bits per heavy atom. The Hall–Kier alpha value is -4.64. The van der Waals surface area contributed by atoms with Gasteiger partial charge in [0.15, 0.2) is 0 Å². The molecule has 0 aliphatic heterocycles. The summed E-state index contributed by atoms with van der Waals surface area (Å²) in [5, 5.41) is 3.11. The lowest BCUT2D eigenvalue weighted by molar-refractivity contribution is -0.140. The first kappa shape index (κ1) is 35.7. The molecule has 258 valence electrons. The average molecular weight is 692 g/mol. The minimum absolute atomic E-state index is 0.0320. The van der Waals surface area contributed by atoms with Crippen molar-refractivity contribution in [3.05, 3.63) is 131 Å². The van der Waals surface area contributed by atoms with Gasteiger partial charge in [-0.15, -0.1) is 0 Å². The number of amides is 2. The van der Waals surface area contributed by atoms with Gasteiger partial charge in [-0.25, -0.2) is 8.42 Å². The van der Waals surface area contributed by atoms with Gasteiger partial charge >= 0.3 is 6.18 Å². The molecular weight excluding hydrogens is 651 g/mol. The van der Waals surface area contributed by atoms with Crippen LogP contribution in [-0.2, 0) is 38.8 Å². The summed E-state index contributed by atoms with van der Waals surface area (Å²) in [7, 11) is -4.55. The van der Waals surface area contributed by atoms with Crippen molar-refractivity contribution < 1.29 is 31.2 Å². The number of nitrogens with zero attached hydrogens (tertiary/aromatic N) is 2. The molecule has 4 aromatic rings. The van der Waals surface area contributed by atoms with Crippen LogP contribution >= 0.6 is 0 Å². The number of aryl methyl sites for hydroxylation is 2. The van der Waals surface area contributed by atoms with E-state index in [4.69, 9.17) is 0 Å². The van der Waals surface area contributed by atoms with Gasteiger partial charge in [0, 0.05) is 19.0 Å². The van der Waals surface area contributed by atoms with E-state index in [-0.39, 0.29) is 35.5 Å². The third-order valence-corrected chi connectivity index (χ3v) is 10.6. The Morgan fingerprint density at radius 2 is 1.43 bits per heavy atom. The van der Waals surface area contributed by atoms with Gasteiger partial charge < -0.3 is 10.2 Å². The van der Waals surface area contributed by atoms with E-state index < -0.39 is 40.3 Å². The molecule has 1 aliphatic carbocycles. The third kappa shape index (κ3) is 9.08. The van der Waals surface area contributed by atoms with E-state index in [1.807, 2.05) is 61.5 Å². The van der Waals surface area contributed by atoms with Crippen LogP contribution in [0.4, 0.5) is 18.9 Å². The molecule has 1 saturated carbocycles. The third-order valence-electron chi connectivity index (χ3n) is 8.80. The summed E-state index contributed by atoms with van der Waals surface area (Å²) in [6, 6.07) is 25.3. The highest BCUT2D eigenvalue weighted by Crippen LogP contribution is 2.33. The summed E-state index contributed by atoms with van der Waals surface area (Å²) in [5.41, 5.74) is 1.88. The van der Waals surface area contributed by atoms with E-state index in [0.29, 0.717) is 9.87 Å². The number of hydrogen-bond donors (Lipinski definition) is 1. The van der Waals surface area contributed by atoms with Crippen LogP contribution in [0.2, 0.25) is 0 Å². The Kier molecular flexibility index (Phi) is 11.1. The lowest BCUT2D eigenvalue weighted by atomic mass is 10.0. The summed E-state index contributed by atoms with van der Waals surface area (Å²) in [5.74, 6) is -1.11. The molecule has 0 bridgehead atoms. The molecule has 1 N–H and O–H groups in total. The van der Waals surface area contributed by atoms with Crippen molar-refractivity contribution in [1.82, 2.24) is 10.2 Å². The standard InChI is InChI=1S/C38H40F3N3O4S/c1-27-15-19-30(20-16-27)25-43(35(23-29-9-4-3-5-10-29)37(46)42-32-12-6-7-13-32)36(45)26-44(33-14-8-11-31(24-33)38(39,40)41)49(47,48)34-21-17-28(2)18-22-34/h3-5,8-11,14-22,24,32,35H,6-7,12-13,23,25-26H2,1-2H3,(H,42,46)/t35-/m0/s1. The van der Waals surface area contributed by atoms with Gasteiger partial charge in [-0.05, 0) is 68.1 Å². The van der Waals surface area contributed by atoms with E-state index in [2.05, 4.69) is 5.32 Å². The van der Waals surface area contributed by atoms with E-state index in [9.17, 15) is 31.2 Å². The molecule has 0 aromatic heterocycles. The molecule has 2 amide bonds. The molecule has 5 rings (SSSR count). The van der Waals surface area contributed by atoms with E-state index in [1.165, 1.54) is 23.1 Å². The first-order chi connectivity index (χ1) is 23.3. The topological polar surface area (TPSA) is 86.8 Å². The molecule has 49 heavy (non-hydrogen) atoms. The zero-order valence-corrected chi connectivity index (χ0v) is 28.3. The van der Waals surface area contributed by atoms with Crippen molar-refractivity contribution in [2.45, 2.75) is 75.7 Å². The molecule has 1 aliphatic rings. The molecule has 1 atom stereocenters. The highest BCUT2D eigenvalue weighted by molar-refractivity contribution is 7.92. The van der Waals surface area contributed by atoms with Gasteiger partial charge in [-0.2, -0.15) is 13.2 Å². The average Bonchev–Trinajstić information content (AvgIpc) is 3.59. The van der Waals surface area contributed by atoms with E-state index >= 15 is 0 Å². The van der Waals surface area contributed by atoms with Crippen molar-refractivity contribution >= 4 is 27.5 Å². The second-order valence-corrected chi connectivity index (χ2v) is 14.4. The minimum atomic E-state index is -4.75. The second kappa shape index (κ2) is 15.3. The van der Waals surface area contributed by atoms with Crippen LogP contribution in [-0.4, -0.2) is 43.8 Å². The Morgan fingerprint density at radius 1 is 0.816 bits per heavy atom. The number of halogens is 3. The number of benzene rings is 4. The smallest absolute Gasteiger partial charge is 0.352 e. The Labute approximate surface area is 285 Å². The predicted octanol–water partition coefficient (Wildman–Crippen LogP) is 7.22. The van der Waals surface area contributed by atoms with E-state index in [0.717, 1.165) is 60.6 Å². The van der Waals surface area contributed by atoms with Gasteiger partial charge in [0.1, 0.15) is 12.6 Å². The van der Waals surface area contributed by atoms with Crippen molar-refractivity contribution in [2.75, 3.05) is 10.8 Å². The number of sulfonamides is 1. The maximum absolute atomic E-state index is 14.6. The van der Waals surface area contributed by atoms with Crippen LogP contribution < -0.4 is 9.62 Å². The van der Waals surface area contributed by atoms with Gasteiger partial charge in [0.25, 0.3) is 10.0 Å². The van der Waals surface area contributed by atoms with Crippen molar-refractivity contribution in [2.24, 2.45) is 0 Å². The molecule has 7 nitrogen and oxygen atoms in total. The highest BCUT2D eigenvalue weighted by atomic mass is 32.2. The molecule has 0 radical (unpaired) electrons. The number of anilines is 1. The first-order valence-electron chi connectivity index (χ1n) is 16.3. The monoisotopic (exact) mass is 691 g/mol. The van der Waals surface area contributed by atoms with Crippen molar-refractivity contribution in [3.63, 3.8) is 0 Å². The molecule has 4 aromatic carbocycles. The number of hydrogen-bond acceptors (Lipinski definition) is 4. The van der Waals surface area contributed by atoms with Gasteiger partial charge in [0.2, 0.25) is 11.8 Å². The van der Waals surface area contributed by atoms with Crippen LogP contribution in [0.1, 0.15) is 53.5 Å². The number of nitrogens with one attached hydrogen (secondary N) is 1. The van der Waals surface area contributed by atoms with Crippen LogP contribution in [0.3, 0.4) is 0 Å². The Balaban J connectivity index is 1.59. The number of carbonyl (C=O) groups excluding carboxylic acids is 2. The summed E-state index contributed by atoms with van der Waals surface area (Å²) < 4.78 is 70.6. The van der Waals surface area contributed by atoms with Crippen molar-refractivity contribution in [3.8, 4) is 0 Å². The van der Waals surface area contributed by atoms with Crippen LogP contribution in [0, 0.1) is 13.8 Å². The van der Waals surface area contributed by atoms with Gasteiger partial charge in [0.05, 0.1) is 16.1 Å². The highest BCUT2D eigenvalue weighted by Gasteiger charge is 2.37. The number of carbonyl (C=O) groups is 2. The normalized spacial score (nSPS) is 14.3. The Bertz CT molecular complexity index is 1840. The zero-order valence-electron chi connectivity index (χ0n) is 27.5. The molecular formula is C38H40F3N3O4S. The molecule has 0 unspecified atom stereocenters. The number of alkyl halides is 3. The van der Waals surface area contributed by atoms with Crippen LogP contribution in [0.5, 0.6) is 0 Å². The first-order valence-corrected chi connectivity index (χ1v) is 17.7. The van der Waals surface area contributed by atoms with Crippen molar-refractivity contribution in [1.29, 1.82) is 0 Å². The predicted molar refractivity (Wildman–Crippen MR) is 183 cm³/mol. The summed E-state index contributed by atoms with van der Waals surface area (Å²) in [6.45, 7) is 2.82. The summed E-state index contributed by atoms with van der Waals surface area (Å²) in [6.07, 6.45) is -1.03. The molecule has 0 heterocycles. The molecule has 1 fully saturated rings. The second-order valence-electron chi connectivity index (χ2n) is 12.6. The summed E-state index contributed by atoms with van der Waals surface area (Å²) in [4.78, 5) is 29.9. The number of rotatable bonds is 12. The fourth-order valence-electron chi connectivity index (χ4n) is 6.02. The maximum atomic E-state index is 14.6. The maximum Gasteiger partial charge on any atom is 0.416 e. The van der Waals surface area contributed by atoms with Crippen LogP contribution in [0.25, 0.3) is 0 Å². The minimum Gasteiger partial charge on any atom is -0.352 e. The fourth-order valence-corrected chi connectivity index (χ4v) is 7.42.